The van der Waals surface area contributed by atoms with Crippen LogP contribution in [0.4, 0.5) is 18.0 Å². The molecule has 0 spiro atoms. The van der Waals surface area contributed by atoms with Gasteiger partial charge in [0.05, 0.1) is 5.69 Å². The topological polar surface area (TPSA) is 125 Å². The quantitative estimate of drug-likeness (QED) is 0.391. The van der Waals surface area contributed by atoms with E-state index in [4.69, 9.17) is 4.74 Å². The second-order valence-electron chi connectivity index (χ2n) is 10.2. The second-order valence-corrected chi connectivity index (χ2v) is 10.2. The van der Waals surface area contributed by atoms with Crippen LogP contribution in [0, 0.1) is 17.5 Å². The van der Waals surface area contributed by atoms with Crippen LogP contribution < -0.4 is 5.32 Å². The first-order valence-electron chi connectivity index (χ1n) is 12.1. The average Bonchev–Trinajstić information content (AvgIpc) is 3.17. The maximum atomic E-state index is 14.4. The van der Waals surface area contributed by atoms with E-state index in [9.17, 15) is 32.7 Å². The Bertz CT molecular complexity index is 1430. The zero-order valence-corrected chi connectivity index (χ0v) is 21.5. The van der Waals surface area contributed by atoms with Crippen molar-refractivity contribution in [2.75, 3.05) is 0 Å². The van der Waals surface area contributed by atoms with Crippen molar-refractivity contribution >= 4 is 18.0 Å². The minimum Gasteiger partial charge on any atom is -0.477 e. The lowest BCUT2D eigenvalue weighted by Gasteiger charge is -2.27. The number of fused-ring (bicyclic) bond motifs is 3. The van der Waals surface area contributed by atoms with Crippen LogP contribution in [-0.2, 0) is 29.0 Å². The molecule has 0 saturated carbocycles. The molecular formula is C27H27F3N4O5. The van der Waals surface area contributed by atoms with Gasteiger partial charge in [-0.25, -0.2) is 22.8 Å². The van der Waals surface area contributed by atoms with E-state index >= 15 is 0 Å². The molecule has 1 aliphatic rings. The maximum absolute atomic E-state index is 14.4. The number of carboxylic acid groups (broad SMARTS) is 1. The number of benzene rings is 1. The molecule has 4 rings (SSSR count). The number of carboxylic acids is 1. The number of hydrogen-bond donors (Lipinski definition) is 3. The van der Waals surface area contributed by atoms with E-state index < -0.39 is 47.1 Å². The lowest BCUT2D eigenvalue weighted by atomic mass is 10.0. The van der Waals surface area contributed by atoms with Crippen molar-refractivity contribution in [2.24, 2.45) is 0 Å². The van der Waals surface area contributed by atoms with E-state index in [1.165, 1.54) is 11.1 Å². The Labute approximate surface area is 222 Å². The number of carbonyl (C=O) groups is 3. The summed E-state index contributed by atoms with van der Waals surface area (Å²) >= 11 is 0. The van der Waals surface area contributed by atoms with Crippen LogP contribution in [0.15, 0.2) is 36.7 Å². The Balaban J connectivity index is 1.63. The van der Waals surface area contributed by atoms with Gasteiger partial charge in [0.2, 0.25) is 5.91 Å². The van der Waals surface area contributed by atoms with E-state index in [-0.39, 0.29) is 37.2 Å². The number of aromatic carboxylic acids is 1. The molecule has 12 heteroatoms. The van der Waals surface area contributed by atoms with Crippen LogP contribution in [-0.4, -0.2) is 49.6 Å². The largest absolute Gasteiger partial charge is 0.477 e. The van der Waals surface area contributed by atoms with E-state index in [1.54, 1.807) is 39.1 Å². The van der Waals surface area contributed by atoms with Crippen LogP contribution in [0.5, 0.6) is 0 Å². The van der Waals surface area contributed by atoms with E-state index in [2.05, 4.69) is 15.3 Å². The first-order valence-corrected chi connectivity index (χ1v) is 12.1. The fourth-order valence-corrected chi connectivity index (χ4v) is 4.43. The number of alkyl carbamates (subject to hydrolysis) is 1. The smallest absolute Gasteiger partial charge is 0.407 e. The van der Waals surface area contributed by atoms with Crippen molar-refractivity contribution in [3.63, 3.8) is 0 Å². The lowest BCUT2D eigenvalue weighted by molar-refractivity contribution is -0.132. The fourth-order valence-electron chi connectivity index (χ4n) is 4.43. The van der Waals surface area contributed by atoms with Gasteiger partial charge in [0.1, 0.15) is 17.1 Å². The van der Waals surface area contributed by atoms with Crippen molar-refractivity contribution in [1.82, 2.24) is 20.2 Å². The minimum atomic E-state index is -1.36. The fraction of sp³-hybridized carbons (Fsp3) is 0.333. The second kappa shape index (κ2) is 10.8. The van der Waals surface area contributed by atoms with Crippen LogP contribution in [0.3, 0.4) is 0 Å². The molecule has 1 unspecified atom stereocenters. The Hall–Kier alpha value is -4.35. The molecule has 1 aliphatic heterocycles. The Morgan fingerprint density at radius 1 is 1.15 bits per heavy atom. The molecule has 206 valence electrons. The summed E-state index contributed by atoms with van der Waals surface area (Å²) in [5.74, 6) is -5.38. The molecular weight excluding hydrogens is 517 g/mol. The first kappa shape index (κ1) is 27.7. The highest BCUT2D eigenvalue weighted by Gasteiger charge is 2.31. The molecule has 0 aliphatic carbocycles. The predicted molar refractivity (Wildman–Crippen MR) is 133 cm³/mol. The van der Waals surface area contributed by atoms with Gasteiger partial charge in [-0.1, -0.05) is 6.07 Å². The van der Waals surface area contributed by atoms with Crippen molar-refractivity contribution < 1.29 is 37.4 Å². The predicted octanol–water partition coefficient (Wildman–Crippen LogP) is 4.56. The van der Waals surface area contributed by atoms with Gasteiger partial charge < -0.3 is 25.0 Å². The monoisotopic (exact) mass is 544 g/mol. The highest BCUT2D eigenvalue weighted by molar-refractivity contribution is 5.91. The number of rotatable bonds is 6. The molecule has 0 saturated heterocycles. The van der Waals surface area contributed by atoms with E-state index in [1.807, 2.05) is 0 Å². The number of nitrogens with one attached hydrogen (secondary N) is 2. The number of H-pyrrole nitrogens is 1. The van der Waals surface area contributed by atoms with Gasteiger partial charge in [-0.3, -0.25) is 9.78 Å². The summed E-state index contributed by atoms with van der Waals surface area (Å²) in [6.45, 7) is 4.93. The number of aromatic nitrogens is 2. The number of pyridine rings is 1. The maximum Gasteiger partial charge on any atom is 0.407 e. The molecule has 3 N–H and O–H groups in total. The Morgan fingerprint density at radius 2 is 1.87 bits per heavy atom. The number of carbonyl (C=O) groups excluding carboxylic acids is 2. The van der Waals surface area contributed by atoms with Gasteiger partial charge in [0, 0.05) is 55.1 Å². The van der Waals surface area contributed by atoms with Gasteiger partial charge in [0.15, 0.2) is 11.6 Å². The molecule has 9 nitrogen and oxygen atoms in total. The summed E-state index contributed by atoms with van der Waals surface area (Å²) in [5, 5.41) is 12.2. The number of nitrogens with zero attached hydrogens (tertiary/aromatic N) is 2. The number of halogens is 3. The third-order valence-electron chi connectivity index (χ3n) is 6.11. The first-order chi connectivity index (χ1) is 18.3. The zero-order valence-electron chi connectivity index (χ0n) is 21.5. The molecule has 1 atom stereocenters. The van der Waals surface area contributed by atoms with Crippen LogP contribution in [0.1, 0.15) is 54.4 Å². The van der Waals surface area contributed by atoms with Crippen LogP contribution in [0.25, 0.3) is 11.3 Å². The van der Waals surface area contributed by atoms with Gasteiger partial charge in [-0.15, -0.1) is 0 Å². The summed E-state index contributed by atoms with van der Waals surface area (Å²) < 4.78 is 47.1. The molecule has 1 aromatic carbocycles. The van der Waals surface area contributed by atoms with E-state index in [0.717, 1.165) is 0 Å². The summed E-state index contributed by atoms with van der Waals surface area (Å²) in [5.41, 5.74) is 0.901. The number of ether oxygens (including phenoxy) is 1. The summed E-state index contributed by atoms with van der Waals surface area (Å²) in [7, 11) is 0. The van der Waals surface area contributed by atoms with E-state index in [0.29, 0.717) is 34.5 Å². The van der Waals surface area contributed by atoms with Gasteiger partial charge in [-0.2, -0.15) is 0 Å². The molecule has 3 aromatic rings. The van der Waals surface area contributed by atoms with Crippen molar-refractivity contribution in [3.8, 4) is 11.3 Å². The number of amides is 2. The Kier molecular flexibility index (Phi) is 7.66. The molecule has 2 amide bonds. The Morgan fingerprint density at radius 3 is 2.56 bits per heavy atom. The molecule has 0 radical (unpaired) electrons. The van der Waals surface area contributed by atoms with Crippen molar-refractivity contribution in [3.05, 3.63) is 76.5 Å². The third-order valence-corrected chi connectivity index (χ3v) is 6.11. The highest BCUT2D eigenvalue weighted by atomic mass is 19.2. The van der Waals surface area contributed by atoms with Gasteiger partial charge >= 0.3 is 12.1 Å². The van der Waals surface area contributed by atoms with Crippen molar-refractivity contribution in [1.29, 1.82) is 0 Å². The summed E-state index contributed by atoms with van der Waals surface area (Å²) in [4.78, 5) is 46.4. The van der Waals surface area contributed by atoms with Gasteiger partial charge in [-0.05, 0) is 50.5 Å². The average molecular weight is 545 g/mol. The number of hydrogen-bond acceptors (Lipinski definition) is 5. The zero-order chi connectivity index (χ0) is 28.5. The molecule has 3 heterocycles. The molecule has 39 heavy (non-hydrogen) atoms. The normalized spacial score (nSPS) is 13.6. The summed E-state index contributed by atoms with van der Waals surface area (Å²) in [6.07, 6.45) is 1.50. The molecule has 0 bridgehead atoms. The minimum absolute atomic E-state index is 0.0750. The highest BCUT2D eigenvalue weighted by Crippen LogP contribution is 2.33. The lowest BCUT2D eigenvalue weighted by Crippen LogP contribution is -2.43. The summed E-state index contributed by atoms with van der Waals surface area (Å²) in [6, 6.07) is 3.47. The van der Waals surface area contributed by atoms with Crippen LogP contribution in [0.2, 0.25) is 0 Å². The van der Waals surface area contributed by atoms with Crippen LogP contribution >= 0.6 is 0 Å². The molecule has 0 fully saturated rings. The molecule has 2 aromatic heterocycles. The SMILES string of the molecule is CC(C)(C)OC(=O)NC(CC(=O)N1Cc2cccnc2-c2c[nH]c(C(=O)O)c2C1)Cc1cc(F)c(F)cc1F. The standard InChI is InChI=1S/C27H27F3N4O5/c1-27(2,3)39-26(38)33-16(7-15-8-20(29)21(30)10-19(15)28)9-22(35)34-12-14-5-4-6-31-23(14)17-11-32-24(25(36)37)18(17)13-34/h4-6,8,10-11,16,32H,7,9,12-13H2,1-3H3,(H,33,38)(H,36,37). The van der Waals surface area contributed by atoms with Gasteiger partial charge in [0.25, 0.3) is 0 Å². The number of aromatic amines is 1. The third kappa shape index (κ3) is 6.39. The van der Waals surface area contributed by atoms with Crippen molar-refractivity contribution in [2.45, 2.75) is 58.3 Å².